The van der Waals surface area contributed by atoms with Crippen LogP contribution in [0.15, 0.2) is 146 Å². The summed E-state index contributed by atoms with van der Waals surface area (Å²) in [6.07, 6.45) is 4.47. The minimum absolute atomic E-state index is 0.00698. The van der Waals surface area contributed by atoms with Crippen LogP contribution in [0.2, 0.25) is 0 Å². The Balaban J connectivity index is 1.08. The molecular formula is C78H84BN3. The van der Waals surface area contributed by atoms with Gasteiger partial charge < -0.3 is 14.7 Å². The van der Waals surface area contributed by atoms with Crippen LogP contribution >= 0.6 is 0 Å². The monoisotopic (exact) mass is 1070 g/mol. The van der Waals surface area contributed by atoms with Crippen molar-refractivity contribution < 1.29 is 0 Å². The Morgan fingerprint density at radius 1 is 0.476 bits per heavy atom. The fraction of sp³-hybridized carbons (Fsp3) is 0.385. The van der Waals surface area contributed by atoms with Crippen LogP contribution in [-0.4, -0.2) is 12.3 Å². The highest BCUT2D eigenvalue weighted by molar-refractivity contribution is 7.00. The molecule has 0 N–H and O–H groups in total. The van der Waals surface area contributed by atoms with Crippen LogP contribution in [0, 0.1) is 19.8 Å². The van der Waals surface area contributed by atoms with Crippen molar-refractivity contribution in [2.45, 2.75) is 187 Å². The summed E-state index contributed by atoms with van der Waals surface area (Å²) >= 11 is 0. The molecule has 6 bridgehead atoms. The maximum atomic E-state index is 2.88. The SMILES string of the molecule is Cc1cc2c3c(c1)N(c1ccc(C(C)(C)C)cc1-c1ccccc1)c1cc4c(cc1B3c1ccc3cc1N2c1cc2c(cc1C)C(C)(C)c1ccccc1C2(C)C1CCC2(C)c5cc(C(C)(C)C)ccc5N3C2(C)C1)C(C)(C)CC4(C)C. The summed E-state index contributed by atoms with van der Waals surface area (Å²) in [6.45, 7) is 41.9. The molecule has 0 spiro atoms. The van der Waals surface area contributed by atoms with Crippen molar-refractivity contribution in [2.24, 2.45) is 5.92 Å². The van der Waals surface area contributed by atoms with Gasteiger partial charge in [-0.2, -0.15) is 0 Å². The first kappa shape index (κ1) is 52.1. The quantitative estimate of drug-likeness (QED) is 0.160. The van der Waals surface area contributed by atoms with Gasteiger partial charge in [0.1, 0.15) is 0 Å². The van der Waals surface area contributed by atoms with Crippen molar-refractivity contribution in [1.29, 1.82) is 0 Å². The lowest BCUT2D eigenvalue weighted by Gasteiger charge is -2.58. The summed E-state index contributed by atoms with van der Waals surface area (Å²) in [6, 6.07) is 59.4. The molecule has 82 heavy (non-hydrogen) atoms. The summed E-state index contributed by atoms with van der Waals surface area (Å²) in [5, 5.41) is 0. The lowest BCUT2D eigenvalue weighted by Crippen LogP contribution is -2.62. The van der Waals surface area contributed by atoms with E-state index in [1.165, 1.54) is 134 Å². The zero-order valence-electron chi connectivity index (χ0n) is 52.2. The summed E-state index contributed by atoms with van der Waals surface area (Å²) in [5.74, 6) is 0.385. The molecule has 15 rings (SSSR count). The summed E-state index contributed by atoms with van der Waals surface area (Å²) in [5.41, 5.74) is 32.1. The van der Waals surface area contributed by atoms with Gasteiger partial charge >= 0.3 is 0 Å². The van der Waals surface area contributed by atoms with Crippen molar-refractivity contribution in [1.82, 2.24) is 0 Å². The average Bonchev–Trinajstić information content (AvgIpc) is 1.36. The van der Waals surface area contributed by atoms with Crippen molar-refractivity contribution in [3.05, 3.63) is 207 Å². The van der Waals surface area contributed by atoms with Gasteiger partial charge in [0.25, 0.3) is 6.71 Å². The van der Waals surface area contributed by atoms with E-state index in [1.54, 1.807) is 0 Å². The minimum atomic E-state index is -0.255. The molecule has 4 aliphatic heterocycles. The Kier molecular flexibility index (Phi) is 10.4. The van der Waals surface area contributed by atoms with Gasteiger partial charge in [0.2, 0.25) is 0 Å². The number of fused-ring (bicyclic) bond motifs is 16. The molecule has 4 unspecified atom stereocenters. The normalized spacial score (nSPS) is 24.2. The van der Waals surface area contributed by atoms with Gasteiger partial charge in [-0.25, -0.2) is 0 Å². The molecular weight excluding hydrogens is 990 g/mol. The summed E-state index contributed by atoms with van der Waals surface area (Å²) in [7, 11) is 0. The van der Waals surface area contributed by atoms with Crippen LogP contribution in [0.4, 0.5) is 45.5 Å². The average molecular weight is 1070 g/mol. The predicted octanol–water partition coefficient (Wildman–Crippen LogP) is 18.5. The Labute approximate surface area is 491 Å². The van der Waals surface area contributed by atoms with Crippen LogP contribution in [0.3, 0.4) is 0 Å². The molecule has 414 valence electrons. The van der Waals surface area contributed by atoms with E-state index >= 15 is 0 Å². The van der Waals surface area contributed by atoms with Crippen LogP contribution in [0.25, 0.3) is 11.1 Å². The number of hydrogen-bond acceptors (Lipinski definition) is 3. The number of rotatable bonds is 2. The van der Waals surface area contributed by atoms with Gasteiger partial charge in [0.15, 0.2) is 0 Å². The van der Waals surface area contributed by atoms with Gasteiger partial charge in [0, 0.05) is 61.6 Å². The van der Waals surface area contributed by atoms with Gasteiger partial charge in [-0.15, -0.1) is 0 Å². The van der Waals surface area contributed by atoms with Crippen molar-refractivity contribution >= 4 is 68.6 Å². The van der Waals surface area contributed by atoms with Crippen LogP contribution in [0.5, 0.6) is 0 Å². The molecule has 0 aromatic heterocycles. The van der Waals surface area contributed by atoms with Crippen LogP contribution < -0.4 is 31.1 Å². The molecule has 4 heterocycles. The zero-order chi connectivity index (χ0) is 57.5. The molecule has 1 saturated carbocycles. The summed E-state index contributed by atoms with van der Waals surface area (Å²) in [4.78, 5) is 8.37. The van der Waals surface area contributed by atoms with Crippen LogP contribution in [-0.2, 0) is 37.9 Å². The molecule has 0 amide bonds. The third-order valence-electron chi connectivity index (χ3n) is 22.9. The van der Waals surface area contributed by atoms with Gasteiger partial charge in [-0.3, -0.25) is 0 Å². The Hall–Kier alpha value is -6.78. The van der Waals surface area contributed by atoms with E-state index < -0.39 is 0 Å². The van der Waals surface area contributed by atoms with Crippen LogP contribution in [0.1, 0.15) is 191 Å². The number of aryl methyl sites for hydroxylation is 2. The molecule has 7 aliphatic rings. The molecule has 0 saturated heterocycles. The Bertz CT molecular complexity index is 4100. The number of nitrogens with zero attached hydrogens (tertiary/aromatic N) is 3. The maximum Gasteiger partial charge on any atom is 0.252 e. The van der Waals surface area contributed by atoms with E-state index in [2.05, 4.69) is 278 Å². The molecule has 8 aromatic carbocycles. The van der Waals surface area contributed by atoms with Gasteiger partial charge in [-0.05, 0) is 212 Å². The fourth-order valence-electron chi connectivity index (χ4n) is 18.5. The smallest absolute Gasteiger partial charge is 0.252 e. The standard InChI is InChI=1S/C78H84BN3/c1-46-35-68-70-69(36-46)81-65-43-59-58(37-47(65)2)75(13,14)54-25-21-22-26-55(54)78(59,17)51-33-34-76(15)60-39-50(72(6,7)8)28-32-64(60)82(77(76,16)44-51)52-29-30-61(66(81)40-52)79(70)62-41-56-57(74(11,12)45-73(56,9)10)42-67(62)80(68)63-31-27-49(71(3,4)5)38-53(63)48-23-19-18-20-24-48/h18-32,35-43,51H,33-34,44-45H2,1-17H3. The zero-order valence-corrected chi connectivity index (χ0v) is 52.2. The van der Waals surface area contributed by atoms with E-state index in [0.29, 0.717) is 5.92 Å². The number of benzene rings is 8. The van der Waals surface area contributed by atoms with Crippen molar-refractivity contribution in [2.75, 3.05) is 14.7 Å². The topological polar surface area (TPSA) is 9.72 Å². The first-order valence-corrected chi connectivity index (χ1v) is 31.1. The molecule has 8 aromatic rings. The van der Waals surface area contributed by atoms with Crippen molar-refractivity contribution in [3.8, 4) is 11.1 Å². The molecule has 3 aliphatic carbocycles. The molecule has 4 heteroatoms. The van der Waals surface area contributed by atoms with E-state index in [4.69, 9.17) is 0 Å². The third-order valence-corrected chi connectivity index (χ3v) is 22.9. The number of anilines is 8. The van der Waals surface area contributed by atoms with Gasteiger partial charge in [-0.1, -0.05) is 188 Å². The molecule has 0 radical (unpaired) electrons. The second-order valence-electron chi connectivity index (χ2n) is 31.2. The minimum Gasteiger partial charge on any atom is -0.334 e. The first-order chi connectivity index (χ1) is 38.6. The van der Waals surface area contributed by atoms with Gasteiger partial charge in [0.05, 0.1) is 11.2 Å². The Morgan fingerprint density at radius 2 is 1.07 bits per heavy atom. The number of hydrogen-bond donors (Lipinski definition) is 0. The second-order valence-corrected chi connectivity index (χ2v) is 31.2. The largest absolute Gasteiger partial charge is 0.334 e. The second kappa shape index (κ2) is 16.3. The highest BCUT2D eigenvalue weighted by Gasteiger charge is 2.63. The fourth-order valence-corrected chi connectivity index (χ4v) is 18.5. The van der Waals surface area contributed by atoms with Crippen molar-refractivity contribution in [3.63, 3.8) is 0 Å². The van der Waals surface area contributed by atoms with E-state index in [1.807, 2.05) is 0 Å². The lowest BCUT2D eigenvalue weighted by atomic mass is 9.33. The Morgan fingerprint density at radius 3 is 1.76 bits per heavy atom. The van der Waals surface area contributed by atoms with E-state index in [0.717, 1.165) is 25.7 Å². The predicted molar refractivity (Wildman–Crippen MR) is 350 cm³/mol. The maximum absolute atomic E-state index is 2.88. The molecule has 1 fully saturated rings. The van der Waals surface area contributed by atoms with E-state index in [-0.39, 0.29) is 50.2 Å². The lowest BCUT2D eigenvalue weighted by molar-refractivity contribution is 0.109. The highest BCUT2D eigenvalue weighted by atomic mass is 15.3. The molecule has 4 atom stereocenters. The highest BCUT2D eigenvalue weighted by Crippen LogP contribution is 2.67. The van der Waals surface area contributed by atoms with E-state index in [9.17, 15) is 0 Å². The summed E-state index contributed by atoms with van der Waals surface area (Å²) < 4.78 is 0. The first-order valence-electron chi connectivity index (χ1n) is 31.1. The third kappa shape index (κ3) is 6.67. The molecule has 3 nitrogen and oxygen atoms in total.